The lowest BCUT2D eigenvalue weighted by Crippen LogP contribution is -2.17. The summed E-state index contributed by atoms with van der Waals surface area (Å²) < 4.78 is 0. The highest BCUT2D eigenvalue weighted by atomic mass is 14.3. The molecule has 4 aliphatic carbocycles. The minimum Gasteiger partial charge on any atom is -0.0892 e. The van der Waals surface area contributed by atoms with Crippen molar-refractivity contribution in [3.8, 4) is 0 Å². The van der Waals surface area contributed by atoms with E-state index in [2.05, 4.69) is 59.3 Å². The van der Waals surface area contributed by atoms with Crippen LogP contribution in [0, 0.1) is 11.8 Å². The summed E-state index contributed by atoms with van der Waals surface area (Å²) in [6.45, 7) is 9.29. The summed E-state index contributed by atoms with van der Waals surface area (Å²) in [5, 5.41) is 0. The van der Waals surface area contributed by atoms with Crippen LogP contribution in [-0.4, -0.2) is 7.28 Å². The van der Waals surface area contributed by atoms with Crippen LogP contribution in [0.2, 0.25) is 0 Å². The molecular weight excluding hydrogens is 275 g/mol. The molecule has 0 heterocycles. The summed E-state index contributed by atoms with van der Waals surface area (Å²) in [5.74, 6) is 1.09. The first kappa shape index (κ1) is 15.1. The second-order valence-electron chi connectivity index (χ2n) is 7.49. The molecule has 0 saturated carbocycles. The predicted molar refractivity (Wildman–Crippen MR) is 100 cm³/mol. The standard InChI is InChI=1S/C22H26B/c1-13-15(3)21(19-11-7-5-9-17(13)19)23-22-16(4)14(2)18-10-6-8-12-20(18)22/h7-8,11-12,19-20H,5-6,9-10H2,1-4H3. The lowest BCUT2D eigenvalue weighted by Gasteiger charge is -2.23. The van der Waals surface area contributed by atoms with Crippen molar-refractivity contribution in [2.75, 3.05) is 0 Å². The van der Waals surface area contributed by atoms with Gasteiger partial charge in [-0.25, -0.2) is 0 Å². The predicted octanol–water partition coefficient (Wildman–Crippen LogP) is 5.83. The van der Waals surface area contributed by atoms with Gasteiger partial charge in [0.25, 0.3) is 0 Å². The van der Waals surface area contributed by atoms with Gasteiger partial charge in [-0.2, -0.15) is 0 Å². The van der Waals surface area contributed by atoms with Crippen LogP contribution in [0.4, 0.5) is 0 Å². The normalized spacial score (nSPS) is 29.7. The molecule has 23 heavy (non-hydrogen) atoms. The van der Waals surface area contributed by atoms with E-state index in [1.807, 2.05) is 0 Å². The van der Waals surface area contributed by atoms with Crippen LogP contribution in [0.25, 0.3) is 0 Å². The van der Waals surface area contributed by atoms with Crippen molar-refractivity contribution in [1.82, 2.24) is 0 Å². The average Bonchev–Trinajstić information content (AvgIpc) is 2.97. The van der Waals surface area contributed by atoms with Gasteiger partial charge in [0.15, 0.2) is 7.28 Å². The van der Waals surface area contributed by atoms with Crippen LogP contribution < -0.4 is 0 Å². The minimum absolute atomic E-state index is 0.543. The van der Waals surface area contributed by atoms with Crippen LogP contribution >= 0.6 is 0 Å². The molecule has 0 fully saturated rings. The molecule has 0 amide bonds. The van der Waals surface area contributed by atoms with Crippen molar-refractivity contribution >= 4 is 7.28 Å². The molecule has 0 aromatic heterocycles. The van der Waals surface area contributed by atoms with E-state index in [1.54, 1.807) is 33.2 Å². The number of rotatable bonds is 2. The van der Waals surface area contributed by atoms with Crippen LogP contribution in [0.3, 0.4) is 0 Å². The van der Waals surface area contributed by atoms with Gasteiger partial charge in [-0.1, -0.05) is 57.5 Å². The van der Waals surface area contributed by atoms with Gasteiger partial charge in [0.05, 0.1) is 0 Å². The lowest BCUT2D eigenvalue weighted by molar-refractivity contribution is 0.789. The van der Waals surface area contributed by atoms with E-state index in [0.717, 1.165) is 0 Å². The van der Waals surface area contributed by atoms with Crippen molar-refractivity contribution in [3.63, 3.8) is 0 Å². The van der Waals surface area contributed by atoms with Crippen LogP contribution in [-0.2, 0) is 0 Å². The monoisotopic (exact) mass is 301 g/mol. The minimum atomic E-state index is 0.543. The molecule has 4 rings (SSSR count). The van der Waals surface area contributed by atoms with Crippen molar-refractivity contribution in [2.24, 2.45) is 11.8 Å². The van der Waals surface area contributed by atoms with E-state index in [1.165, 1.54) is 36.8 Å². The fraction of sp³-hybridized carbons (Fsp3) is 0.455. The number of hydrogen-bond acceptors (Lipinski definition) is 0. The Hall–Kier alpha value is -1.50. The third-order valence-electron chi connectivity index (χ3n) is 6.50. The molecule has 117 valence electrons. The quantitative estimate of drug-likeness (QED) is 0.444. The second-order valence-corrected chi connectivity index (χ2v) is 7.49. The summed E-state index contributed by atoms with van der Waals surface area (Å²) in [5.41, 5.74) is 12.6. The van der Waals surface area contributed by atoms with Crippen molar-refractivity contribution in [1.29, 1.82) is 0 Å². The Balaban J connectivity index is 1.69. The molecule has 0 spiro atoms. The largest absolute Gasteiger partial charge is 0.183 e. The zero-order valence-electron chi connectivity index (χ0n) is 14.9. The zero-order valence-corrected chi connectivity index (χ0v) is 14.9. The van der Waals surface area contributed by atoms with Crippen molar-refractivity contribution in [2.45, 2.75) is 53.4 Å². The molecule has 1 radical (unpaired) electrons. The summed E-state index contributed by atoms with van der Waals surface area (Å²) in [6.07, 6.45) is 14.5. The Morgan fingerprint density at radius 3 is 1.57 bits per heavy atom. The third kappa shape index (κ3) is 2.20. The molecule has 4 aliphatic rings. The fourth-order valence-corrected chi connectivity index (χ4v) is 4.85. The molecule has 0 nitrogen and oxygen atoms in total. The number of allylic oxidation sites excluding steroid dienone is 12. The molecular formula is C22H26B. The Kier molecular flexibility index (Phi) is 3.63. The highest BCUT2D eigenvalue weighted by Crippen LogP contribution is 2.47. The summed E-state index contributed by atoms with van der Waals surface area (Å²) >= 11 is 0. The third-order valence-corrected chi connectivity index (χ3v) is 6.50. The summed E-state index contributed by atoms with van der Waals surface area (Å²) in [4.78, 5) is 0. The smallest absolute Gasteiger partial charge is 0.0892 e. The first-order valence-electron chi connectivity index (χ1n) is 9.09. The number of hydrogen-bond donors (Lipinski definition) is 0. The summed E-state index contributed by atoms with van der Waals surface area (Å²) in [6, 6.07) is 0. The Bertz CT molecular complexity index is 685. The first-order chi connectivity index (χ1) is 11.1. The fourth-order valence-electron chi connectivity index (χ4n) is 4.85. The van der Waals surface area contributed by atoms with Gasteiger partial charge in [-0.05, 0) is 64.5 Å². The van der Waals surface area contributed by atoms with Gasteiger partial charge < -0.3 is 0 Å². The van der Waals surface area contributed by atoms with E-state index in [4.69, 9.17) is 0 Å². The molecule has 1 heteroatoms. The van der Waals surface area contributed by atoms with E-state index in [9.17, 15) is 0 Å². The van der Waals surface area contributed by atoms with Crippen molar-refractivity contribution in [3.05, 3.63) is 68.7 Å². The molecule has 2 unspecified atom stereocenters. The number of fused-ring (bicyclic) bond motifs is 2. The maximum absolute atomic E-state index is 2.54. The van der Waals surface area contributed by atoms with Crippen LogP contribution in [0.1, 0.15) is 53.4 Å². The van der Waals surface area contributed by atoms with Crippen molar-refractivity contribution < 1.29 is 0 Å². The Morgan fingerprint density at radius 1 is 0.696 bits per heavy atom. The van der Waals surface area contributed by atoms with Gasteiger partial charge in [0, 0.05) is 11.8 Å². The van der Waals surface area contributed by atoms with E-state index >= 15 is 0 Å². The highest BCUT2D eigenvalue weighted by molar-refractivity contribution is 6.55. The van der Waals surface area contributed by atoms with Crippen LogP contribution in [0.5, 0.6) is 0 Å². The molecule has 2 atom stereocenters. The zero-order chi connectivity index (χ0) is 16.1. The second kappa shape index (κ2) is 5.55. The SMILES string of the molecule is CC1=C([B]C2=C(C)C(C)=C3CCC=CC23)C2C=CCCC2=C1C. The molecule has 0 bridgehead atoms. The highest BCUT2D eigenvalue weighted by Gasteiger charge is 2.34. The molecule has 0 saturated heterocycles. The molecule has 0 aromatic rings. The Labute approximate surface area is 141 Å². The topological polar surface area (TPSA) is 0 Å². The molecule has 0 aromatic carbocycles. The maximum atomic E-state index is 2.54. The molecule has 0 aliphatic heterocycles. The van der Waals surface area contributed by atoms with E-state index < -0.39 is 0 Å². The van der Waals surface area contributed by atoms with Crippen LogP contribution in [0.15, 0.2) is 68.7 Å². The van der Waals surface area contributed by atoms with Gasteiger partial charge in [0.1, 0.15) is 0 Å². The van der Waals surface area contributed by atoms with Gasteiger partial charge >= 0.3 is 0 Å². The van der Waals surface area contributed by atoms with E-state index in [0.29, 0.717) is 11.8 Å². The summed E-state index contributed by atoms with van der Waals surface area (Å²) in [7, 11) is 2.54. The maximum Gasteiger partial charge on any atom is 0.183 e. The van der Waals surface area contributed by atoms with E-state index in [-0.39, 0.29) is 0 Å². The van der Waals surface area contributed by atoms with Gasteiger partial charge in [0.2, 0.25) is 0 Å². The Morgan fingerprint density at radius 2 is 1.13 bits per heavy atom. The molecule has 0 N–H and O–H groups in total. The van der Waals surface area contributed by atoms with Gasteiger partial charge in [-0.15, -0.1) is 0 Å². The van der Waals surface area contributed by atoms with Gasteiger partial charge in [-0.3, -0.25) is 0 Å². The average molecular weight is 301 g/mol. The first-order valence-corrected chi connectivity index (χ1v) is 9.09. The lowest BCUT2D eigenvalue weighted by atomic mass is 9.53.